The Morgan fingerprint density at radius 2 is 1.50 bits per heavy atom. The maximum atomic E-state index is 12.3. The highest BCUT2D eigenvalue weighted by Crippen LogP contribution is 2.29. The van der Waals surface area contributed by atoms with Crippen molar-refractivity contribution in [2.75, 3.05) is 21.2 Å². The standard InChI is InChI=1S/C17H31NO2/c1-6-8-10-12-14-17(18(3)4,16(19)20-5)15-13-11-9-7-2/h6-7H,1-2,8-15H2,3-5H3. The summed E-state index contributed by atoms with van der Waals surface area (Å²) in [6.45, 7) is 7.48. The fourth-order valence-corrected chi connectivity index (χ4v) is 2.56. The third kappa shape index (κ3) is 5.91. The SMILES string of the molecule is C=CCCCCC(CCCCC=C)(C(=O)OC)N(C)C. The highest BCUT2D eigenvalue weighted by Gasteiger charge is 2.40. The van der Waals surface area contributed by atoms with E-state index in [-0.39, 0.29) is 5.97 Å². The molecule has 3 heteroatoms. The van der Waals surface area contributed by atoms with E-state index in [4.69, 9.17) is 4.74 Å². The largest absolute Gasteiger partial charge is 0.468 e. The molecule has 0 fully saturated rings. The molecule has 0 rings (SSSR count). The Kier molecular flexibility index (Phi) is 10.1. The number of methoxy groups -OCH3 is 1. The van der Waals surface area contributed by atoms with E-state index >= 15 is 0 Å². The minimum atomic E-state index is -0.489. The smallest absolute Gasteiger partial charge is 0.326 e. The van der Waals surface area contributed by atoms with Crippen LogP contribution in [0.25, 0.3) is 0 Å². The number of nitrogens with zero attached hydrogens (tertiary/aromatic N) is 1. The van der Waals surface area contributed by atoms with Crippen molar-refractivity contribution >= 4 is 5.97 Å². The number of carbonyl (C=O) groups excluding carboxylic acids is 1. The number of rotatable bonds is 12. The maximum absolute atomic E-state index is 12.3. The molecule has 0 heterocycles. The second kappa shape index (κ2) is 10.7. The molecule has 0 aromatic carbocycles. The molecule has 0 unspecified atom stereocenters. The van der Waals surface area contributed by atoms with Gasteiger partial charge in [0.2, 0.25) is 0 Å². The van der Waals surface area contributed by atoms with E-state index < -0.39 is 5.54 Å². The van der Waals surface area contributed by atoms with Crippen molar-refractivity contribution in [3.63, 3.8) is 0 Å². The van der Waals surface area contributed by atoms with E-state index in [0.717, 1.165) is 51.4 Å². The molecule has 0 radical (unpaired) electrons. The van der Waals surface area contributed by atoms with Crippen molar-refractivity contribution in [3.05, 3.63) is 25.3 Å². The number of allylic oxidation sites excluding steroid dienone is 2. The average molecular weight is 281 g/mol. The molecule has 0 atom stereocenters. The molecule has 0 aliphatic heterocycles. The molecule has 0 aromatic rings. The molecule has 0 aromatic heterocycles. The van der Waals surface area contributed by atoms with Crippen LogP contribution in [0.2, 0.25) is 0 Å². The number of unbranched alkanes of at least 4 members (excludes halogenated alkanes) is 4. The maximum Gasteiger partial charge on any atom is 0.326 e. The summed E-state index contributed by atoms with van der Waals surface area (Å²) in [5.74, 6) is -0.111. The third-order valence-corrected chi connectivity index (χ3v) is 3.92. The van der Waals surface area contributed by atoms with Crippen LogP contribution in [-0.2, 0) is 9.53 Å². The predicted octanol–water partition coefficient (Wildman–Crippen LogP) is 3.95. The van der Waals surface area contributed by atoms with Gasteiger partial charge in [0.05, 0.1) is 7.11 Å². The van der Waals surface area contributed by atoms with E-state index in [0.29, 0.717) is 0 Å². The van der Waals surface area contributed by atoms with E-state index in [2.05, 4.69) is 13.2 Å². The summed E-state index contributed by atoms with van der Waals surface area (Å²) >= 11 is 0. The molecule has 0 amide bonds. The van der Waals surface area contributed by atoms with Crippen molar-refractivity contribution in [3.8, 4) is 0 Å². The van der Waals surface area contributed by atoms with Gasteiger partial charge in [-0.15, -0.1) is 13.2 Å². The van der Waals surface area contributed by atoms with Crippen LogP contribution in [0.3, 0.4) is 0 Å². The minimum Gasteiger partial charge on any atom is -0.468 e. The number of likely N-dealkylation sites (N-methyl/N-ethyl adjacent to an activating group) is 1. The molecule has 0 saturated carbocycles. The lowest BCUT2D eigenvalue weighted by atomic mass is 9.85. The zero-order valence-electron chi connectivity index (χ0n) is 13.5. The number of carbonyl (C=O) groups is 1. The van der Waals surface area contributed by atoms with E-state index in [1.54, 1.807) is 0 Å². The molecule has 0 aliphatic rings. The first-order valence-electron chi connectivity index (χ1n) is 7.52. The molecule has 0 bridgehead atoms. The second-order valence-electron chi connectivity index (χ2n) is 5.49. The van der Waals surface area contributed by atoms with Crippen molar-refractivity contribution in [1.82, 2.24) is 4.90 Å². The minimum absolute atomic E-state index is 0.111. The third-order valence-electron chi connectivity index (χ3n) is 3.92. The monoisotopic (exact) mass is 281 g/mol. The van der Waals surface area contributed by atoms with Gasteiger partial charge < -0.3 is 4.74 Å². The van der Waals surface area contributed by atoms with Crippen LogP contribution in [0.15, 0.2) is 25.3 Å². The van der Waals surface area contributed by atoms with E-state index in [9.17, 15) is 4.79 Å². The lowest BCUT2D eigenvalue weighted by Gasteiger charge is -2.37. The Bertz CT molecular complexity index is 281. The lowest BCUT2D eigenvalue weighted by Crippen LogP contribution is -2.51. The predicted molar refractivity (Wildman–Crippen MR) is 85.8 cm³/mol. The number of hydrogen-bond acceptors (Lipinski definition) is 3. The van der Waals surface area contributed by atoms with Gasteiger partial charge in [-0.05, 0) is 52.6 Å². The summed E-state index contributed by atoms with van der Waals surface area (Å²) in [6, 6.07) is 0. The highest BCUT2D eigenvalue weighted by molar-refractivity contribution is 5.80. The Hall–Kier alpha value is -1.09. The Labute approximate surface area is 124 Å². The summed E-state index contributed by atoms with van der Waals surface area (Å²) in [5.41, 5.74) is -0.489. The van der Waals surface area contributed by atoms with E-state index in [1.165, 1.54) is 7.11 Å². The molecule has 0 saturated heterocycles. The Morgan fingerprint density at radius 1 is 1.05 bits per heavy atom. The van der Waals surface area contributed by atoms with Gasteiger partial charge in [-0.25, -0.2) is 0 Å². The van der Waals surface area contributed by atoms with E-state index in [1.807, 2.05) is 31.1 Å². The van der Waals surface area contributed by atoms with Crippen LogP contribution in [0, 0.1) is 0 Å². The summed E-state index contributed by atoms with van der Waals surface area (Å²) < 4.78 is 5.07. The molecule has 3 nitrogen and oxygen atoms in total. The van der Waals surface area contributed by atoms with Crippen LogP contribution >= 0.6 is 0 Å². The molecular formula is C17H31NO2. The van der Waals surface area contributed by atoms with Gasteiger partial charge in [-0.3, -0.25) is 9.69 Å². The molecule has 0 spiro atoms. The number of hydrogen-bond donors (Lipinski definition) is 0. The molecule has 116 valence electrons. The van der Waals surface area contributed by atoms with Crippen LogP contribution < -0.4 is 0 Å². The van der Waals surface area contributed by atoms with Gasteiger partial charge in [-0.2, -0.15) is 0 Å². The molecule has 0 N–H and O–H groups in total. The fraction of sp³-hybridized carbons (Fsp3) is 0.706. The average Bonchev–Trinajstić information content (AvgIpc) is 2.44. The summed E-state index contributed by atoms with van der Waals surface area (Å²) in [4.78, 5) is 14.3. The normalized spacial score (nSPS) is 11.4. The number of esters is 1. The molecular weight excluding hydrogens is 250 g/mol. The summed E-state index contributed by atoms with van der Waals surface area (Å²) in [5, 5.41) is 0. The summed E-state index contributed by atoms with van der Waals surface area (Å²) in [6.07, 6.45) is 11.7. The van der Waals surface area contributed by atoms with Crippen molar-refractivity contribution in [2.24, 2.45) is 0 Å². The highest BCUT2D eigenvalue weighted by atomic mass is 16.5. The van der Waals surface area contributed by atoms with Crippen LogP contribution in [0.4, 0.5) is 0 Å². The van der Waals surface area contributed by atoms with Crippen LogP contribution in [-0.4, -0.2) is 37.6 Å². The quantitative estimate of drug-likeness (QED) is 0.308. The fourth-order valence-electron chi connectivity index (χ4n) is 2.56. The first-order chi connectivity index (χ1) is 9.55. The second-order valence-corrected chi connectivity index (χ2v) is 5.49. The zero-order chi connectivity index (χ0) is 15.4. The lowest BCUT2D eigenvalue weighted by molar-refractivity contribution is -0.155. The Morgan fingerprint density at radius 3 is 1.80 bits per heavy atom. The van der Waals surface area contributed by atoms with Gasteiger partial charge >= 0.3 is 5.97 Å². The topological polar surface area (TPSA) is 29.5 Å². The van der Waals surface area contributed by atoms with Crippen LogP contribution in [0.5, 0.6) is 0 Å². The van der Waals surface area contributed by atoms with Gasteiger partial charge in [0.1, 0.15) is 5.54 Å². The van der Waals surface area contributed by atoms with Crippen molar-refractivity contribution in [2.45, 2.75) is 56.9 Å². The Balaban J connectivity index is 4.71. The molecule has 20 heavy (non-hydrogen) atoms. The summed E-state index contributed by atoms with van der Waals surface area (Å²) in [7, 11) is 5.42. The van der Waals surface area contributed by atoms with Crippen LogP contribution in [0.1, 0.15) is 51.4 Å². The number of ether oxygens (including phenoxy) is 1. The van der Waals surface area contributed by atoms with Gasteiger partial charge in [0, 0.05) is 0 Å². The molecule has 0 aliphatic carbocycles. The van der Waals surface area contributed by atoms with Crippen molar-refractivity contribution < 1.29 is 9.53 Å². The first-order valence-corrected chi connectivity index (χ1v) is 7.52. The van der Waals surface area contributed by atoms with Gasteiger partial charge in [0.25, 0.3) is 0 Å². The van der Waals surface area contributed by atoms with Gasteiger partial charge in [0.15, 0.2) is 0 Å². The zero-order valence-corrected chi connectivity index (χ0v) is 13.5. The van der Waals surface area contributed by atoms with Gasteiger partial charge in [-0.1, -0.05) is 25.0 Å². The first kappa shape index (κ1) is 18.9. The van der Waals surface area contributed by atoms with Crippen molar-refractivity contribution in [1.29, 1.82) is 0 Å².